The Balaban J connectivity index is 1.46. The number of benzene rings is 3. The maximum absolute atomic E-state index is 12.5. The molecule has 0 aliphatic heterocycles. The van der Waals surface area contributed by atoms with Gasteiger partial charge in [-0.15, -0.1) is 0 Å². The van der Waals surface area contributed by atoms with E-state index in [1.165, 1.54) is 14.2 Å². The summed E-state index contributed by atoms with van der Waals surface area (Å²) in [5.74, 6) is 0.297. The van der Waals surface area contributed by atoms with E-state index in [-0.39, 0.29) is 18.4 Å². The summed E-state index contributed by atoms with van der Waals surface area (Å²) in [5.41, 5.74) is 3.34. The molecule has 0 saturated carbocycles. The van der Waals surface area contributed by atoms with Gasteiger partial charge in [-0.3, -0.25) is 9.59 Å². The molecular weight excluding hydrogens is 406 g/mol. The molecule has 1 heterocycles. The van der Waals surface area contributed by atoms with Crippen LogP contribution in [0.2, 0.25) is 0 Å². The van der Waals surface area contributed by atoms with E-state index in [0.29, 0.717) is 22.7 Å². The molecule has 0 atom stereocenters. The third-order valence-electron chi connectivity index (χ3n) is 5.43. The molecule has 0 radical (unpaired) electrons. The average molecular weight is 431 g/mol. The van der Waals surface area contributed by atoms with Gasteiger partial charge in [-0.2, -0.15) is 0 Å². The van der Waals surface area contributed by atoms with Crippen molar-refractivity contribution in [3.05, 3.63) is 66.2 Å². The van der Waals surface area contributed by atoms with Gasteiger partial charge < -0.3 is 24.7 Å². The molecule has 32 heavy (non-hydrogen) atoms. The van der Waals surface area contributed by atoms with Crippen molar-refractivity contribution in [1.29, 1.82) is 0 Å². The first kappa shape index (κ1) is 21.2. The van der Waals surface area contributed by atoms with Crippen LogP contribution < -0.4 is 20.1 Å². The van der Waals surface area contributed by atoms with Crippen molar-refractivity contribution in [2.24, 2.45) is 0 Å². The average Bonchev–Trinajstić information content (AvgIpc) is 3.15. The van der Waals surface area contributed by atoms with E-state index in [4.69, 9.17) is 9.47 Å². The first-order valence-electron chi connectivity index (χ1n) is 10.4. The van der Waals surface area contributed by atoms with Gasteiger partial charge in [0.1, 0.15) is 0 Å². The molecule has 0 aliphatic rings. The summed E-state index contributed by atoms with van der Waals surface area (Å²) in [6.45, 7) is 2.82. The fraction of sp³-hybridized carbons (Fsp3) is 0.200. The lowest BCUT2D eigenvalue weighted by Crippen LogP contribution is -2.32. The van der Waals surface area contributed by atoms with E-state index in [0.717, 1.165) is 28.4 Å². The fourth-order valence-corrected chi connectivity index (χ4v) is 3.92. The van der Waals surface area contributed by atoms with Crippen molar-refractivity contribution in [2.75, 3.05) is 26.1 Å². The van der Waals surface area contributed by atoms with Crippen molar-refractivity contribution in [3.8, 4) is 11.5 Å². The maximum Gasteiger partial charge on any atom is 0.251 e. The number of anilines is 1. The first-order valence-corrected chi connectivity index (χ1v) is 10.4. The van der Waals surface area contributed by atoms with Crippen LogP contribution in [0.4, 0.5) is 5.69 Å². The SMILES string of the molecule is CCn1c2ccccc2c2cc(NC(=O)CNC(=O)c3ccc(OC)c(OC)c3)ccc21. The quantitative estimate of drug-likeness (QED) is 0.460. The van der Waals surface area contributed by atoms with E-state index in [9.17, 15) is 9.59 Å². The van der Waals surface area contributed by atoms with Crippen LogP contribution >= 0.6 is 0 Å². The summed E-state index contributed by atoms with van der Waals surface area (Å²) in [4.78, 5) is 24.9. The Bertz CT molecular complexity index is 1310. The van der Waals surface area contributed by atoms with E-state index < -0.39 is 0 Å². The number of hydrogen-bond acceptors (Lipinski definition) is 4. The molecule has 2 amide bonds. The molecule has 0 spiro atoms. The number of carbonyl (C=O) groups is 2. The minimum Gasteiger partial charge on any atom is -0.493 e. The molecule has 7 nitrogen and oxygen atoms in total. The lowest BCUT2D eigenvalue weighted by molar-refractivity contribution is -0.115. The Hall–Kier alpha value is -4.00. The maximum atomic E-state index is 12.5. The highest BCUT2D eigenvalue weighted by Crippen LogP contribution is 2.31. The third kappa shape index (κ3) is 3.97. The standard InChI is InChI=1S/C25H25N3O4/c1-4-28-20-8-6-5-7-18(20)19-14-17(10-11-21(19)28)27-24(29)15-26-25(30)16-9-12-22(31-2)23(13-16)32-3/h5-14H,4,15H2,1-3H3,(H,26,30)(H,27,29). The predicted molar refractivity (Wildman–Crippen MR) is 126 cm³/mol. The molecule has 0 saturated heterocycles. The summed E-state index contributed by atoms with van der Waals surface area (Å²) < 4.78 is 12.6. The summed E-state index contributed by atoms with van der Waals surface area (Å²) in [7, 11) is 3.03. The number of amides is 2. The van der Waals surface area contributed by atoms with Crippen molar-refractivity contribution in [1.82, 2.24) is 9.88 Å². The second-order valence-electron chi connectivity index (χ2n) is 7.29. The number of aromatic nitrogens is 1. The highest BCUT2D eigenvalue weighted by molar-refractivity contribution is 6.10. The molecule has 0 unspecified atom stereocenters. The van der Waals surface area contributed by atoms with Gasteiger partial charge >= 0.3 is 0 Å². The lowest BCUT2D eigenvalue weighted by atomic mass is 10.1. The Morgan fingerprint density at radius 1 is 0.875 bits per heavy atom. The van der Waals surface area contributed by atoms with Gasteiger partial charge in [0.25, 0.3) is 5.91 Å². The van der Waals surface area contributed by atoms with Crippen molar-refractivity contribution < 1.29 is 19.1 Å². The molecule has 0 aliphatic carbocycles. The lowest BCUT2D eigenvalue weighted by Gasteiger charge is -2.10. The van der Waals surface area contributed by atoms with Crippen LogP contribution in [0.3, 0.4) is 0 Å². The van der Waals surface area contributed by atoms with Gasteiger partial charge in [-0.05, 0) is 49.4 Å². The monoisotopic (exact) mass is 431 g/mol. The van der Waals surface area contributed by atoms with Crippen LogP contribution in [0.15, 0.2) is 60.7 Å². The number of nitrogens with zero attached hydrogens (tertiary/aromatic N) is 1. The number of methoxy groups -OCH3 is 2. The number of aryl methyl sites for hydroxylation is 1. The molecule has 1 aromatic heterocycles. The van der Waals surface area contributed by atoms with Crippen LogP contribution in [0, 0.1) is 0 Å². The van der Waals surface area contributed by atoms with Gasteiger partial charge in [-0.1, -0.05) is 18.2 Å². The van der Waals surface area contributed by atoms with E-state index >= 15 is 0 Å². The molecule has 164 valence electrons. The van der Waals surface area contributed by atoms with Gasteiger partial charge in [-0.25, -0.2) is 0 Å². The number of rotatable bonds is 7. The summed E-state index contributed by atoms with van der Waals surface area (Å²) >= 11 is 0. The second kappa shape index (κ2) is 9.01. The van der Waals surface area contributed by atoms with Crippen LogP contribution in [0.5, 0.6) is 11.5 Å². The smallest absolute Gasteiger partial charge is 0.251 e. The van der Waals surface area contributed by atoms with Crippen molar-refractivity contribution >= 4 is 39.3 Å². The molecule has 0 fully saturated rings. The summed E-state index contributed by atoms with van der Waals surface area (Å²) in [6.07, 6.45) is 0. The molecule has 2 N–H and O–H groups in total. The Morgan fingerprint density at radius 3 is 2.38 bits per heavy atom. The number of nitrogens with one attached hydrogen (secondary N) is 2. The summed E-state index contributed by atoms with van der Waals surface area (Å²) in [5, 5.41) is 7.72. The zero-order chi connectivity index (χ0) is 22.7. The van der Waals surface area contributed by atoms with Crippen molar-refractivity contribution in [3.63, 3.8) is 0 Å². The largest absolute Gasteiger partial charge is 0.493 e. The third-order valence-corrected chi connectivity index (χ3v) is 5.43. The Labute approximate surface area is 185 Å². The molecule has 7 heteroatoms. The topological polar surface area (TPSA) is 81.6 Å². The normalized spacial score (nSPS) is 10.8. The molecule has 3 aromatic carbocycles. The Morgan fingerprint density at radius 2 is 1.62 bits per heavy atom. The van der Waals surface area contributed by atoms with E-state index in [1.807, 2.05) is 30.3 Å². The highest BCUT2D eigenvalue weighted by atomic mass is 16.5. The minimum atomic E-state index is -0.373. The van der Waals surface area contributed by atoms with Gasteiger partial charge in [0, 0.05) is 39.6 Å². The molecule has 0 bridgehead atoms. The number of hydrogen-bond donors (Lipinski definition) is 2. The first-order chi connectivity index (χ1) is 15.5. The fourth-order valence-electron chi connectivity index (χ4n) is 3.92. The molecule has 4 aromatic rings. The number of ether oxygens (including phenoxy) is 2. The number of carbonyl (C=O) groups excluding carboxylic acids is 2. The van der Waals surface area contributed by atoms with Crippen LogP contribution in [0.25, 0.3) is 21.8 Å². The van der Waals surface area contributed by atoms with Crippen molar-refractivity contribution in [2.45, 2.75) is 13.5 Å². The minimum absolute atomic E-state index is 0.151. The summed E-state index contributed by atoms with van der Waals surface area (Å²) in [6, 6.07) is 18.9. The zero-order valence-corrected chi connectivity index (χ0v) is 18.3. The van der Waals surface area contributed by atoms with Crippen LogP contribution in [-0.4, -0.2) is 37.1 Å². The highest BCUT2D eigenvalue weighted by Gasteiger charge is 2.13. The Kier molecular flexibility index (Phi) is 5.98. The van der Waals surface area contributed by atoms with E-state index in [2.05, 4.69) is 34.3 Å². The number of fused-ring (bicyclic) bond motifs is 3. The number of para-hydroxylation sites is 1. The molecule has 4 rings (SSSR count). The van der Waals surface area contributed by atoms with Gasteiger partial charge in [0.15, 0.2) is 11.5 Å². The van der Waals surface area contributed by atoms with E-state index in [1.54, 1.807) is 18.2 Å². The zero-order valence-electron chi connectivity index (χ0n) is 18.3. The van der Waals surface area contributed by atoms with Crippen LogP contribution in [0.1, 0.15) is 17.3 Å². The molecular formula is C25H25N3O4. The predicted octanol–water partition coefficient (Wildman–Crippen LogP) is 4.20. The van der Waals surface area contributed by atoms with Gasteiger partial charge in [0.2, 0.25) is 5.91 Å². The van der Waals surface area contributed by atoms with Crippen LogP contribution in [-0.2, 0) is 11.3 Å². The van der Waals surface area contributed by atoms with Gasteiger partial charge in [0.05, 0.1) is 20.8 Å². The second-order valence-corrected chi connectivity index (χ2v) is 7.29.